The zero-order chi connectivity index (χ0) is 12.1. The minimum absolute atomic E-state index is 0.0855. The summed E-state index contributed by atoms with van der Waals surface area (Å²) >= 11 is 2.02. The van der Waals surface area contributed by atoms with Crippen molar-refractivity contribution >= 4 is 11.8 Å². The van der Waals surface area contributed by atoms with Gasteiger partial charge < -0.3 is 14.6 Å². The van der Waals surface area contributed by atoms with E-state index in [1.165, 1.54) is 11.5 Å². The third kappa shape index (κ3) is 3.60. The van der Waals surface area contributed by atoms with Crippen molar-refractivity contribution < 1.29 is 14.6 Å². The van der Waals surface area contributed by atoms with Crippen LogP contribution in [-0.4, -0.2) is 48.6 Å². The molecule has 0 radical (unpaired) electrons. The Morgan fingerprint density at radius 3 is 2.94 bits per heavy atom. The average molecular weight is 260 g/mol. The van der Waals surface area contributed by atoms with Gasteiger partial charge in [0.05, 0.1) is 11.7 Å². The molecule has 0 bridgehead atoms. The summed E-state index contributed by atoms with van der Waals surface area (Å²) in [6.45, 7) is 1.47. The van der Waals surface area contributed by atoms with Gasteiger partial charge in [-0.3, -0.25) is 0 Å². The van der Waals surface area contributed by atoms with Gasteiger partial charge in [-0.1, -0.05) is 0 Å². The lowest BCUT2D eigenvalue weighted by Crippen LogP contribution is -2.45. The molecule has 1 N–H and O–H groups in total. The van der Waals surface area contributed by atoms with E-state index >= 15 is 0 Å². The number of hydrogen-bond acceptors (Lipinski definition) is 4. The third-order valence-corrected chi connectivity index (χ3v) is 5.08. The molecule has 2 fully saturated rings. The molecule has 2 heterocycles. The van der Waals surface area contributed by atoms with Crippen LogP contribution in [0.15, 0.2) is 0 Å². The van der Waals surface area contributed by atoms with Crippen LogP contribution >= 0.6 is 11.8 Å². The molecule has 2 unspecified atom stereocenters. The fourth-order valence-electron chi connectivity index (χ4n) is 2.96. The van der Waals surface area contributed by atoms with Gasteiger partial charge in [0.1, 0.15) is 0 Å². The first-order chi connectivity index (χ1) is 8.26. The van der Waals surface area contributed by atoms with E-state index in [-0.39, 0.29) is 11.7 Å². The number of ether oxygens (including phenoxy) is 2. The van der Waals surface area contributed by atoms with E-state index in [2.05, 4.69) is 0 Å². The van der Waals surface area contributed by atoms with Crippen LogP contribution in [0.4, 0.5) is 0 Å². The molecule has 0 aliphatic carbocycles. The summed E-state index contributed by atoms with van der Waals surface area (Å²) in [5, 5.41) is 10.2. The van der Waals surface area contributed by atoms with Gasteiger partial charge in [-0.05, 0) is 49.5 Å². The highest BCUT2D eigenvalue weighted by Gasteiger charge is 2.40. The predicted octanol–water partition coefficient (Wildman–Crippen LogP) is 2.08. The second kappa shape index (κ2) is 6.41. The average Bonchev–Trinajstić information content (AvgIpc) is 2.37. The van der Waals surface area contributed by atoms with E-state index in [9.17, 15) is 5.11 Å². The predicted molar refractivity (Wildman–Crippen MR) is 70.5 cm³/mol. The lowest BCUT2D eigenvalue weighted by atomic mass is 9.79. The number of rotatable bonds is 4. The van der Waals surface area contributed by atoms with Gasteiger partial charge in [0.25, 0.3) is 0 Å². The van der Waals surface area contributed by atoms with Gasteiger partial charge in [-0.25, -0.2) is 0 Å². The molecule has 2 saturated heterocycles. The fourth-order valence-corrected chi connectivity index (χ4v) is 4.20. The molecule has 2 atom stereocenters. The first-order valence-corrected chi connectivity index (χ1v) is 7.80. The molecule has 0 saturated carbocycles. The Bertz CT molecular complexity index is 223. The van der Waals surface area contributed by atoms with E-state index in [4.69, 9.17) is 9.47 Å². The maximum absolute atomic E-state index is 10.2. The van der Waals surface area contributed by atoms with E-state index in [0.717, 1.165) is 38.7 Å². The van der Waals surface area contributed by atoms with Crippen molar-refractivity contribution in [1.29, 1.82) is 0 Å². The second-order valence-corrected chi connectivity index (χ2v) is 6.47. The molecule has 0 aromatic carbocycles. The summed E-state index contributed by atoms with van der Waals surface area (Å²) in [6.07, 6.45) is 4.89. The van der Waals surface area contributed by atoms with Gasteiger partial charge in [0.2, 0.25) is 0 Å². The Morgan fingerprint density at radius 2 is 2.24 bits per heavy atom. The first-order valence-electron chi connectivity index (χ1n) is 6.64. The largest absolute Gasteiger partial charge is 0.393 e. The Kier molecular flexibility index (Phi) is 5.15. The van der Waals surface area contributed by atoms with E-state index in [1.54, 1.807) is 7.11 Å². The molecule has 17 heavy (non-hydrogen) atoms. The van der Waals surface area contributed by atoms with Crippen LogP contribution in [0.2, 0.25) is 0 Å². The molecule has 0 aromatic rings. The van der Waals surface area contributed by atoms with E-state index < -0.39 is 0 Å². The highest BCUT2D eigenvalue weighted by molar-refractivity contribution is 7.99. The number of hydrogen-bond donors (Lipinski definition) is 1. The van der Waals surface area contributed by atoms with Crippen molar-refractivity contribution in [3.05, 3.63) is 0 Å². The molecule has 0 aromatic heterocycles. The lowest BCUT2D eigenvalue weighted by molar-refractivity contribution is -0.122. The standard InChI is InChI=1S/C13H24O3S/c1-15-6-3-12(14)11-2-7-16-13(10-11)4-8-17-9-5-13/h11-12,14H,2-10H2,1H3. The molecule has 100 valence electrons. The Labute approximate surface area is 108 Å². The quantitative estimate of drug-likeness (QED) is 0.840. The van der Waals surface area contributed by atoms with Crippen LogP contribution in [0.5, 0.6) is 0 Å². The molecular weight excluding hydrogens is 236 g/mol. The number of methoxy groups -OCH3 is 1. The number of aliphatic hydroxyl groups is 1. The van der Waals surface area contributed by atoms with E-state index in [0.29, 0.717) is 12.5 Å². The van der Waals surface area contributed by atoms with Crippen molar-refractivity contribution in [3.63, 3.8) is 0 Å². The minimum Gasteiger partial charge on any atom is -0.393 e. The normalized spacial score (nSPS) is 30.4. The number of thioether (sulfide) groups is 1. The summed E-state index contributed by atoms with van der Waals surface area (Å²) < 4.78 is 11.1. The molecule has 2 aliphatic heterocycles. The Morgan fingerprint density at radius 1 is 1.47 bits per heavy atom. The summed E-state index contributed by atoms with van der Waals surface area (Å²) in [4.78, 5) is 0. The molecular formula is C13H24O3S. The molecule has 4 heteroatoms. The monoisotopic (exact) mass is 260 g/mol. The van der Waals surface area contributed by atoms with Crippen LogP contribution < -0.4 is 0 Å². The molecule has 2 aliphatic rings. The molecule has 1 spiro atoms. The van der Waals surface area contributed by atoms with Crippen molar-refractivity contribution in [2.75, 3.05) is 31.8 Å². The highest BCUT2D eigenvalue weighted by Crippen LogP contribution is 2.40. The molecule has 0 amide bonds. The Hall–Kier alpha value is 0.230. The van der Waals surface area contributed by atoms with Crippen LogP contribution in [0.3, 0.4) is 0 Å². The van der Waals surface area contributed by atoms with Gasteiger partial charge in [0, 0.05) is 20.3 Å². The minimum atomic E-state index is -0.217. The molecule has 2 rings (SSSR count). The van der Waals surface area contributed by atoms with Crippen LogP contribution in [-0.2, 0) is 9.47 Å². The second-order valence-electron chi connectivity index (χ2n) is 5.25. The zero-order valence-corrected chi connectivity index (χ0v) is 11.5. The fraction of sp³-hybridized carbons (Fsp3) is 1.00. The summed E-state index contributed by atoms with van der Waals surface area (Å²) in [7, 11) is 1.69. The number of aliphatic hydroxyl groups excluding tert-OH is 1. The van der Waals surface area contributed by atoms with Crippen molar-refractivity contribution in [1.82, 2.24) is 0 Å². The summed E-state index contributed by atoms with van der Waals surface area (Å²) in [5.74, 6) is 2.82. The van der Waals surface area contributed by atoms with Gasteiger partial charge in [-0.15, -0.1) is 0 Å². The topological polar surface area (TPSA) is 38.7 Å². The third-order valence-electron chi connectivity index (χ3n) is 4.10. The van der Waals surface area contributed by atoms with Crippen molar-refractivity contribution in [2.24, 2.45) is 5.92 Å². The SMILES string of the molecule is COCCC(O)C1CCOC2(CCSCC2)C1. The van der Waals surface area contributed by atoms with Crippen molar-refractivity contribution in [3.8, 4) is 0 Å². The maximum atomic E-state index is 10.2. The summed E-state index contributed by atoms with van der Waals surface area (Å²) in [5.41, 5.74) is 0.0855. The molecule has 3 nitrogen and oxygen atoms in total. The first kappa shape index (κ1) is 13.7. The highest BCUT2D eigenvalue weighted by atomic mass is 32.2. The van der Waals surface area contributed by atoms with Crippen LogP contribution in [0.25, 0.3) is 0 Å². The zero-order valence-electron chi connectivity index (χ0n) is 10.7. The van der Waals surface area contributed by atoms with Crippen molar-refractivity contribution in [2.45, 2.75) is 43.8 Å². The smallest absolute Gasteiger partial charge is 0.0701 e. The van der Waals surface area contributed by atoms with Gasteiger partial charge >= 0.3 is 0 Å². The maximum Gasteiger partial charge on any atom is 0.0701 e. The van der Waals surface area contributed by atoms with Crippen LogP contribution in [0, 0.1) is 5.92 Å². The Balaban J connectivity index is 1.87. The lowest BCUT2D eigenvalue weighted by Gasteiger charge is -2.44. The van der Waals surface area contributed by atoms with Crippen LogP contribution in [0.1, 0.15) is 32.1 Å². The van der Waals surface area contributed by atoms with E-state index in [1.807, 2.05) is 11.8 Å². The van der Waals surface area contributed by atoms with Gasteiger partial charge in [-0.2, -0.15) is 11.8 Å². The summed E-state index contributed by atoms with van der Waals surface area (Å²) in [6, 6.07) is 0. The van der Waals surface area contributed by atoms with Gasteiger partial charge in [0.15, 0.2) is 0 Å².